The van der Waals surface area contributed by atoms with Crippen LogP contribution < -0.4 is 5.09 Å². The van der Waals surface area contributed by atoms with Crippen LogP contribution in [0.5, 0.6) is 0 Å². The number of hydrogen-bond donors (Lipinski definition) is 2. The molecule has 2 aromatic carbocycles. The third-order valence-electron chi connectivity index (χ3n) is 6.44. The summed E-state index contributed by atoms with van der Waals surface area (Å²) in [4.78, 5) is 25.0. The second-order valence-electron chi connectivity index (χ2n) is 8.69. The molecule has 0 saturated carbocycles. The van der Waals surface area contributed by atoms with Gasteiger partial charge in [-0.25, -0.2) is 9.88 Å². The molecule has 2 N–H and O–H groups in total. The molecule has 3 atom stereocenters. The summed E-state index contributed by atoms with van der Waals surface area (Å²) in [6.45, 7) is 1.92. The fraction of sp³-hybridized carbons (Fsp3) is 0.440. The third kappa shape index (κ3) is 6.61. The number of aryl methyl sites for hydroxylation is 1. The maximum absolute atomic E-state index is 13.6. The second-order valence-corrected chi connectivity index (χ2v) is 11.1. The zero-order valence-corrected chi connectivity index (χ0v) is 20.1. The maximum atomic E-state index is 13.6. The summed E-state index contributed by atoms with van der Waals surface area (Å²) in [6, 6.07) is 19.2. The molecule has 2 amide bonds. The van der Waals surface area contributed by atoms with E-state index in [4.69, 9.17) is 4.52 Å². The third-order valence-corrected chi connectivity index (χ3v) is 8.53. The van der Waals surface area contributed by atoms with Gasteiger partial charge in [-0.15, -0.1) is 0 Å². The SMILES string of the molecule is C[C@@H]1CCC[N+]1(C(=O)O)C(=O)CNP(=O)(CCCCc1ccccc1)OCc1ccccc1. The van der Waals surface area contributed by atoms with Crippen LogP contribution in [0.2, 0.25) is 0 Å². The summed E-state index contributed by atoms with van der Waals surface area (Å²) in [6.07, 6.45) is 2.87. The summed E-state index contributed by atoms with van der Waals surface area (Å²) in [7, 11) is -3.35. The van der Waals surface area contributed by atoms with E-state index >= 15 is 0 Å². The lowest BCUT2D eigenvalue weighted by molar-refractivity contribution is -0.791. The van der Waals surface area contributed by atoms with Gasteiger partial charge in [-0.3, -0.25) is 4.57 Å². The summed E-state index contributed by atoms with van der Waals surface area (Å²) < 4.78 is 18.9. The summed E-state index contributed by atoms with van der Waals surface area (Å²) in [5.74, 6) is -0.472. The van der Waals surface area contributed by atoms with E-state index in [-0.39, 0.29) is 31.9 Å². The predicted octanol–water partition coefficient (Wildman–Crippen LogP) is 5.21. The van der Waals surface area contributed by atoms with Gasteiger partial charge in [0, 0.05) is 19.0 Å². The highest BCUT2D eigenvalue weighted by Crippen LogP contribution is 2.44. The Labute approximate surface area is 195 Å². The van der Waals surface area contributed by atoms with Crippen molar-refractivity contribution in [2.45, 2.75) is 51.7 Å². The largest absolute Gasteiger partial charge is 0.521 e. The molecule has 1 aliphatic heterocycles. The molecule has 1 fully saturated rings. The molecule has 2 unspecified atom stereocenters. The fourth-order valence-corrected chi connectivity index (χ4v) is 6.16. The molecule has 0 aromatic heterocycles. The standard InChI is InChI=1S/C25H33N2O5P/c1-21-11-10-17-27(21,25(29)30)24(28)19-26-33(31,32-20-23-15-6-3-7-16-23)18-9-8-14-22-12-4-2-5-13-22/h2-7,12-13,15-16,21H,8-11,14,17-20H2,1H3,(H-,26,29,30,31)/p+1/t21-,27?,33?/m1/s1. The Kier molecular flexibility index (Phi) is 8.98. The molecule has 0 bridgehead atoms. The van der Waals surface area contributed by atoms with Gasteiger partial charge in [0.25, 0.3) is 7.52 Å². The summed E-state index contributed by atoms with van der Waals surface area (Å²) in [5.41, 5.74) is 2.11. The molecule has 3 rings (SSSR count). The van der Waals surface area contributed by atoms with Gasteiger partial charge in [0.2, 0.25) is 0 Å². The van der Waals surface area contributed by atoms with E-state index in [9.17, 15) is 19.3 Å². The lowest BCUT2D eigenvalue weighted by atomic mass is 10.1. The van der Waals surface area contributed by atoms with Crippen molar-refractivity contribution in [1.29, 1.82) is 0 Å². The van der Waals surface area contributed by atoms with Crippen molar-refractivity contribution in [3.8, 4) is 0 Å². The van der Waals surface area contributed by atoms with Gasteiger partial charge in [0.15, 0.2) is 0 Å². The van der Waals surface area contributed by atoms with Gasteiger partial charge in [-0.1, -0.05) is 60.7 Å². The first kappa shape index (κ1) is 25.3. The highest BCUT2D eigenvalue weighted by atomic mass is 31.2. The van der Waals surface area contributed by atoms with Gasteiger partial charge in [0.05, 0.1) is 13.2 Å². The van der Waals surface area contributed by atoms with E-state index < -0.39 is 24.0 Å². The number of likely N-dealkylation sites (tertiary alicyclic amines) is 1. The van der Waals surface area contributed by atoms with Gasteiger partial charge in [-0.2, -0.15) is 9.28 Å². The van der Waals surface area contributed by atoms with Crippen LogP contribution in [0, 0.1) is 0 Å². The van der Waals surface area contributed by atoms with Crippen LogP contribution in [0.1, 0.15) is 43.7 Å². The average molecular weight is 474 g/mol. The Bertz CT molecular complexity index is 969. The first-order chi connectivity index (χ1) is 15.9. The minimum Gasteiger partial charge on any atom is -0.435 e. The topological polar surface area (TPSA) is 92.7 Å². The van der Waals surface area contributed by atoms with Crippen molar-refractivity contribution >= 4 is 19.5 Å². The number of rotatable bonds is 11. The molecule has 7 nitrogen and oxygen atoms in total. The molecule has 178 valence electrons. The van der Waals surface area contributed by atoms with Crippen LogP contribution >= 0.6 is 7.52 Å². The molecule has 2 aromatic rings. The molecule has 1 saturated heterocycles. The van der Waals surface area contributed by atoms with Crippen LogP contribution in [0.25, 0.3) is 0 Å². The fourth-order valence-electron chi connectivity index (χ4n) is 4.40. The molecule has 0 radical (unpaired) electrons. The van der Waals surface area contributed by atoms with Crippen molar-refractivity contribution in [1.82, 2.24) is 5.09 Å². The number of imide groups is 1. The van der Waals surface area contributed by atoms with E-state index in [1.54, 1.807) is 6.92 Å². The van der Waals surface area contributed by atoms with Crippen molar-refractivity contribution in [3.05, 3.63) is 71.8 Å². The molecule has 1 heterocycles. The second kappa shape index (κ2) is 11.7. The zero-order valence-electron chi connectivity index (χ0n) is 19.2. The van der Waals surface area contributed by atoms with E-state index in [1.165, 1.54) is 5.56 Å². The molecule has 33 heavy (non-hydrogen) atoms. The van der Waals surface area contributed by atoms with E-state index in [2.05, 4.69) is 17.2 Å². The normalized spacial score (nSPS) is 22.0. The number of carbonyl (C=O) groups is 2. The van der Waals surface area contributed by atoms with Gasteiger partial charge >= 0.3 is 12.0 Å². The first-order valence-electron chi connectivity index (χ1n) is 11.6. The van der Waals surface area contributed by atoms with Crippen LogP contribution in [0.15, 0.2) is 60.7 Å². The summed E-state index contributed by atoms with van der Waals surface area (Å²) >= 11 is 0. The van der Waals surface area contributed by atoms with Gasteiger partial charge in [-0.05, 0) is 37.3 Å². The lowest BCUT2D eigenvalue weighted by Crippen LogP contribution is -2.60. The Morgan fingerprint density at radius 3 is 2.27 bits per heavy atom. The Morgan fingerprint density at radius 2 is 1.70 bits per heavy atom. The Hall–Kier alpha value is -2.31. The van der Waals surface area contributed by atoms with E-state index in [1.807, 2.05) is 48.5 Å². The maximum Gasteiger partial charge on any atom is 0.521 e. The number of hydrogen-bond acceptors (Lipinski definition) is 4. The number of carbonyl (C=O) groups excluding carboxylic acids is 1. The first-order valence-corrected chi connectivity index (χ1v) is 13.4. The predicted molar refractivity (Wildman–Crippen MR) is 128 cm³/mol. The van der Waals surface area contributed by atoms with Crippen LogP contribution in [0.3, 0.4) is 0 Å². The molecular weight excluding hydrogens is 439 g/mol. The van der Waals surface area contributed by atoms with Crippen molar-refractivity contribution < 1.29 is 28.3 Å². The zero-order chi connectivity index (χ0) is 23.7. The lowest BCUT2D eigenvalue weighted by Gasteiger charge is -2.30. The smallest absolute Gasteiger partial charge is 0.435 e. The van der Waals surface area contributed by atoms with E-state index in [0.29, 0.717) is 19.3 Å². The number of carboxylic acid groups (broad SMARTS) is 1. The summed E-state index contributed by atoms with van der Waals surface area (Å²) in [5, 5.41) is 12.6. The van der Waals surface area contributed by atoms with Crippen molar-refractivity contribution in [3.63, 3.8) is 0 Å². The van der Waals surface area contributed by atoms with Gasteiger partial charge < -0.3 is 9.63 Å². The van der Waals surface area contributed by atoms with Crippen LogP contribution in [0.4, 0.5) is 4.79 Å². The minimum absolute atomic E-state index is 0.160. The number of quaternary nitrogens is 1. The Morgan fingerprint density at radius 1 is 1.06 bits per heavy atom. The highest BCUT2D eigenvalue weighted by Gasteiger charge is 2.52. The number of unbranched alkanes of at least 4 members (excludes halogenated alkanes) is 1. The number of amides is 2. The quantitative estimate of drug-likeness (QED) is 0.264. The van der Waals surface area contributed by atoms with Crippen LogP contribution in [-0.2, 0) is 26.9 Å². The highest BCUT2D eigenvalue weighted by molar-refractivity contribution is 7.56. The van der Waals surface area contributed by atoms with Crippen molar-refractivity contribution in [2.75, 3.05) is 19.3 Å². The van der Waals surface area contributed by atoms with E-state index in [0.717, 1.165) is 18.4 Å². The molecule has 8 heteroatoms. The van der Waals surface area contributed by atoms with Crippen LogP contribution in [-0.4, -0.2) is 46.9 Å². The molecule has 1 aliphatic rings. The number of nitrogens with one attached hydrogen (secondary N) is 1. The molecular formula is C25H34N2O5P+. The monoisotopic (exact) mass is 473 g/mol. The van der Waals surface area contributed by atoms with Gasteiger partial charge in [0.1, 0.15) is 12.6 Å². The minimum atomic E-state index is -3.35. The number of benzene rings is 2. The Balaban J connectivity index is 1.63. The number of nitrogens with zero attached hydrogens (tertiary/aromatic N) is 1. The molecule has 0 spiro atoms. The molecule has 0 aliphatic carbocycles. The average Bonchev–Trinajstić information content (AvgIpc) is 3.23. The van der Waals surface area contributed by atoms with Crippen molar-refractivity contribution in [2.24, 2.45) is 0 Å².